The predicted octanol–water partition coefficient (Wildman–Crippen LogP) is 6.01. The number of benzene rings is 2. The number of phenols is 1. The molecule has 1 fully saturated rings. The molecular weight excluding hydrogens is 558 g/mol. The van der Waals surface area contributed by atoms with Crippen LogP contribution < -0.4 is 15.0 Å². The first-order valence-electron chi connectivity index (χ1n) is 14.5. The summed E-state index contributed by atoms with van der Waals surface area (Å²) in [7, 11) is 0. The summed E-state index contributed by atoms with van der Waals surface area (Å²) in [6.07, 6.45) is 8.73. The third kappa shape index (κ3) is 7.37. The van der Waals surface area contributed by atoms with Crippen molar-refractivity contribution < 1.29 is 19.4 Å². The molecule has 4 aromatic rings. The van der Waals surface area contributed by atoms with Gasteiger partial charge in [-0.05, 0) is 72.3 Å². The van der Waals surface area contributed by atoms with Crippen LogP contribution >= 0.6 is 0 Å². The fourth-order valence-corrected chi connectivity index (χ4v) is 5.43. The van der Waals surface area contributed by atoms with Crippen LogP contribution in [0.25, 0.3) is 27.6 Å². The number of pyridine rings is 1. The number of azide groups is 1. The molecule has 1 saturated heterocycles. The number of amides is 1. The average molecular weight is 594 g/mol. The van der Waals surface area contributed by atoms with Crippen LogP contribution in [0.5, 0.6) is 11.5 Å². The molecule has 5 rings (SSSR count). The first-order chi connectivity index (χ1) is 21.2. The number of ketones is 1. The first kappa shape index (κ1) is 30.2. The maximum atomic E-state index is 13.5. The van der Waals surface area contributed by atoms with Gasteiger partial charge in [-0.3, -0.25) is 9.59 Å². The number of hydrogen-bond acceptors (Lipinski definition) is 7. The van der Waals surface area contributed by atoms with Gasteiger partial charge in [0.1, 0.15) is 23.8 Å². The maximum Gasteiger partial charge on any atom is 0.244 e. The smallest absolute Gasteiger partial charge is 0.244 e. The van der Waals surface area contributed by atoms with E-state index in [0.717, 1.165) is 48.2 Å². The zero-order chi connectivity index (χ0) is 31.1. The van der Waals surface area contributed by atoms with E-state index in [0.29, 0.717) is 11.3 Å². The van der Waals surface area contributed by atoms with Crippen LogP contribution in [-0.2, 0) is 4.79 Å². The summed E-state index contributed by atoms with van der Waals surface area (Å²) >= 11 is 0. The molecule has 1 atom stereocenters. The van der Waals surface area contributed by atoms with Crippen molar-refractivity contribution in [3.05, 3.63) is 100 Å². The van der Waals surface area contributed by atoms with Gasteiger partial charge < -0.3 is 25.0 Å². The molecule has 0 aliphatic carbocycles. The van der Waals surface area contributed by atoms with Crippen LogP contribution in [-0.4, -0.2) is 59.0 Å². The normalized spacial score (nSPS) is 15.1. The van der Waals surface area contributed by atoms with Gasteiger partial charge in [0.15, 0.2) is 5.78 Å². The number of nitrogens with one attached hydrogen (secondary N) is 2. The molecule has 1 amide bonds. The van der Waals surface area contributed by atoms with Crippen LogP contribution in [0.3, 0.4) is 0 Å². The van der Waals surface area contributed by atoms with Crippen molar-refractivity contribution in [1.82, 2.24) is 15.3 Å². The van der Waals surface area contributed by atoms with E-state index in [2.05, 4.69) is 44.1 Å². The van der Waals surface area contributed by atoms with Gasteiger partial charge in [0.25, 0.3) is 0 Å². The lowest BCUT2D eigenvalue weighted by molar-refractivity contribution is -0.117. The quantitative estimate of drug-likeness (QED) is 0.0635. The van der Waals surface area contributed by atoms with E-state index < -0.39 is 6.04 Å². The van der Waals surface area contributed by atoms with Crippen molar-refractivity contribution in [3.63, 3.8) is 0 Å². The number of aromatic nitrogens is 2. The van der Waals surface area contributed by atoms with Crippen molar-refractivity contribution in [1.29, 1.82) is 0 Å². The zero-order valence-electron chi connectivity index (χ0n) is 24.7. The Balaban J connectivity index is 1.25. The van der Waals surface area contributed by atoms with Gasteiger partial charge in [-0.25, -0.2) is 4.98 Å². The molecule has 44 heavy (non-hydrogen) atoms. The topological polar surface area (TPSA) is 156 Å². The molecule has 226 valence electrons. The van der Waals surface area contributed by atoms with Crippen LogP contribution in [0, 0.1) is 5.41 Å². The molecule has 3 N–H and O–H groups in total. The Morgan fingerprint density at radius 2 is 2.11 bits per heavy atom. The fourth-order valence-electron chi connectivity index (χ4n) is 5.43. The molecule has 3 heterocycles. The van der Waals surface area contributed by atoms with Crippen LogP contribution in [0.15, 0.2) is 78.2 Å². The second-order valence-electron chi connectivity index (χ2n) is 11.7. The van der Waals surface area contributed by atoms with E-state index >= 15 is 0 Å². The molecule has 11 nitrogen and oxygen atoms in total. The van der Waals surface area contributed by atoms with Gasteiger partial charge in [-0.1, -0.05) is 31.1 Å². The highest BCUT2D eigenvalue weighted by atomic mass is 16.5. The monoisotopic (exact) mass is 593 g/mol. The Hall–Kier alpha value is -5.28. The number of carbonyl (C=O) groups is 2. The number of hydrogen-bond donors (Lipinski definition) is 3. The summed E-state index contributed by atoms with van der Waals surface area (Å²) in [5.41, 5.74) is 12.0. The maximum absolute atomic E-state index is 13.5. The van der Waals surface area contributed by atoms with Crippen LogP contribution in [0.2, 0.25) is 0 Å². The Bertz CT molecular complexity index is 1740. The number of aromatic hydroxyl groups is 1. The van der Waals surface area contributed by atoms with Crippen molar-refractivity contribution in [2.24, 2.45) is 10.5 Å². The number of piperidine rings is 1. The summed E-state index contributed by atoms with van der Waals surface area (Å²) < 4.78 is 5.91. The van der Waals surface area contributed by atoms with Crippen molar-refractivity contribution in [3.8, 4) is 11.5 Å². The number of rotatable bonds is 11. The summed E-state index contributed by atoms with van der Waals surface area (Å²) in [5.74, 6) is -0.411. The Labute approximate surface area is 255 Å². The van der Waals surface area contributed by atoms with Gasteiger partial charge in [0.2, 0.25) is 5.91 Å². The number of carbonyl (C=O) groups excluding carboxylic acids is 2. The molecule has 0 bridgehead atoms. The van der Waals surface area contributed by atoms with Crippen molar-refractivity contribution in [2.45, 2.75) is 32.7 Å². The predicted molar refractivity (Wildman–Crippen MR) is 170 cm³/mol. The summed E-state index contributed by atoms with van der Waals surface area (Å²) in [6.45, 7) is 6.21. The highest BCUT2D eigenvalue weighted by Crippen LogP contribution is 2.34. The number of nitrogens with zero attached hydrogens (tertiary/aromatic N) is 5. The van der Waals surface area contributed by atoms with Gasteiger partial charge in [0.05, 0.1) is 11.6 Å². The number of fused-ring (bicyclic) bond motifs is 1. The molecule has 0 spiro atoms. The molecular formula is C33H35N7O4. The SMILES string of the molecule is CC1(C)CCCN(c2ccc(O)c(C(=O)c3cccc(OC[C@@H](CN=[N+]=[N-])NC(=O)C=Cc4c[nH]c5ncccc45)c3)c2)C1. The molecule has 0 unspecified atom stereocenters. The van der Waals surface area contributed by atoms with Crippen molar-refractivity contribution >= 4 is 34.5 Å². The van der Waals surface area contributed by atoms with Crippen molar-refractivity contribution in [2.75, 3.05) is 31.1 Å². The van der Waals surface area contributed by atoms with E-state index in [-0.39, 0.29) is 41.6 Å². The third-order valence-corrected chi connectivity index (χ3v) is 7.65. The van der Waals surface area contributed by atoms with E-state index in [4.69, 9.17) is 10.3 Å². The minimum Gasteiger partial charge on any atom is -0.507 e. The Morgan fingerprint density at radius 1 is 1.25 bits per heavy atom. The summed E-state index contributed by atoms with van der Waals surface area (Å²) in [4.78, 5) is 38.5. The number of aromatic amines is 1. The lowest BCUT2D eigenvalue weighted by Crippen LogP contribution is -2.40. The van der Waals surface area contributed by atoms with Gasteiger partial charge in [-0.2, -0.15) is 0 Å². The Kier molecular flexibility index (Phi) is 9.16. The van der Waals surface area contributed by atoms with E-state index in [1.165, 1.54) is 6.08 Å². The highest BCUT2D eigenvalue weighted by Gasteiger charge is 2.27. The summed E-state index contributed by atoms with van der Waals surface area (Å²) in [6, 6.07) is 14.9. The molecule has 0 radical (unpaired) electrons. The number of ether oxygens (including phenoxy) is 1. The fraction of sp³-hybridized carbons (Fsp3) is 0.303. The van der Waals surface area contributed by atoms with Crippen LogP contribution in [0.1, 0.15) is 48.2 Å². The number of H-pyrrole nitrogens is 1. The minimum atomic E-state index is -0.624. The molecule has 1 aliphatic rings. The average Bonchev–Trinajstić information content (AvgIpc) is 3.44. The second-order valence-corrected chi connectivity index (χ2v) is 11.7. The minimum absolute atomic E-state index is 0.00126. The van der Waals surface area contributed by atoms with E-state index in [1.807, 2.05) is 18.2 Å². The first-order valence-corrected chi connectivity index (χ1v) is 14.5. The van der Waals surface area contributed by atoms with Gasteiger partial charge in [0, 0.05) is 65.2 Å². The van der Waals surface area contributed by atoms with E-state index in [9.17, 15) is 14.7 Å². The van der Waals surface area contributed by atoms with Gasteiger partial charge >= 0.3 is 0 Å². The molecule has 0 saturated carbocycles. The van der Waals surface area contributed by atoms with Crippen LogP contribution in [0.4, 0.5) is 5.69 Å². The standard InChI is InChI=1S/C33H35N7O4/c1-33(2)13-5-15-40(21-33)25-10-11-29(41)28(17-25)31(43)22-6-3-7-26(16-22)44-20-24(19-37-39-34)38-30(42)12-9-23-18-36-32-27(23)8-4-14-35-32/h3-4,6-12,14,16-18,24,41H,5,13,15,19-21H2,1-2H3,(H,35,36)(H,38,42)/t24-/m1/s1. The summed E-state index contributed by atoms with van der Waals surface area (Å²) in [5, 5.41) is 17.9. The molecule has 11 heteroatoms. The third-order valence-electron chi connectivity index (χ3n) is 7.65. The number of anilines is 1. The zero-order valence-corrected chi connectivity index (χ0v) is 24.7. The largest absolute Gasteiger partial charge is 0.507 e. The second kappa shape index (κ2) is 13.4. The van der Waals surface area contributed by atoms with Gasteiger partial charge in [-0.15, -0.1) is 0 Å². The highest BCUT2D eigenvalue weighted by molar-refractivity contribution is 6.11. The Morgan fingerprint density at radius 3 is 2.93 bits per heavy atom. The lowest BCUT2D eigenvalue weighted by atomic mass is 9.84. The molecule has 2 aromatic heterocycles. The number of phenolic OH excluding ortho intramolecular Hbond substituents is 1. The van der Waals surface area contributed by atoms with E-state index in [1.54, 1.807) is 54.9 Å². The lowest BCUT2D eigenvalue weighted by Gasteiger charge is -2.39. The molecule has 2 aromatic carbocycles. The molecule has 1 aliphatic heterocycles.